The van der Waals surface area contributed by atoms with Crippen LogP contribution in [0.25, 0.3) is 0 Å². The van der Waals surface area contributed by atoms with Gasteiger partial charge in [-0.05, 0) is 24.3 Å². The van der Waals surface area contributed by atoms with Gasteiger partial charge in [0, 0.05) is 5.30 Å². The Bertz CT molecular complexity index is 595. The Morgan fingerprint density at radius 3 is 2.44 bits per heavy atom. The zero-order valence-electron chi connectivity index (χ0n) is 9.78. The van der Waals surface area contributed by atoms with Crippen molar-refractivity contribution in [3.05, 3.63) is 54.6 Å². The number of fused-ring (bicyclic) bond motifs is 1. The molecule has 92 valence electrons. The Morgan fingerprint density at radius 2 is 1.61 bits per heavy atom. The fourth-order valence-corrected chi connectivity index (χ4v) is 4.22. The van der Waals surface area contributed by atoms with Crippen LogP contribution in [0.2, 0.25) is 0 Å². The number of hydrogen-bond donors (Lipinski definition) is 0. The summed E-state index contributed by atoms with van der Waals surface area (Å²) in [7, 11) is -3.02. The van der Waals surface area contributed by atoms with E-state index in [9.17, 15) is 4.57 Å². The molecule has 2 aromatic carbocycles. The molecule has 4 heteroatoms. The smallest absolute Gasteiger partial charge is 0.265 e. The molecule has 1 aliphatic heterocycles. The first kappa shape index (κ1) is 11.5. The minimum Gasteiger partial charge on any atom is -0.490 e. The summed E-state index contributed by atoms with van der Waals surface area (Å²) in [4.78, 5) is 0. The molecule has 0 bridgehead atoms. The SMILES string of the molecule is O=[P@]1(c2ccccc2)OCCOc2ccccc21. The molecular weight excluding hydrogens is 247 g/mol. The Kier molecular flexibility index (Phi) is 2.94. The number of para-hydroxylation sites is 1. The second-order valence-corrected chi connectivity index (χ2v) is 6.40. The highest BCUT2D eigenvalue weighted by molar-refractivity contribution is 7.74. The van der Waals surface area contributed by atoms with Crippen LogP contribution in [0.1, 0.15) is 0 Å². The zero-order chi connectivity index (χ0) is 12.4. The van der Waals surface area contributed by atoms with Gasteiger partial charge in [0.1, 0.15) is 12.4 Å². The van der Waals surface area contributed by atoms with E-state index in [1.54, 1.807) is 0 Å². The van der Waals surface area contributed by atoms with Crippen LogP contribution in [0.15, 0.2) is 54.6 Å². The molecule has 0 aliphatic carbocycles. The third-order valence-electron chi connectivity index (χ3n) is 2.89. The molecule has 0 aromatic heterocycles. The molecule has 1 heterocycles. The van der Waals surface area contributed by atoms with Crippen LogP contribution >= 0.6 is 7.37 Å². The Labute approximate surface area is 106 Å². The van der Waals surface area contributed by atoms with Gasteiger partial charge in [0.05, 0.1) is 11.9 Å². The van der Waals surface area contributed by atoms with Gasteiger partial charge in [-0.25, -0.2) is 0 Å². The molecule has 0 spiro atoms. The van der Waals surface area contributed by atoms with E-state index in [2.05, 4.69) is 0 Å². The van der Waals surface area contributed by atoms with Crippen molar-refractivity contribution >= 4 is 18.0 Å². The van der Waals surface area contributed by atoms with Gasteiger partial charge in [-0.15, -0.1) is 0 Å². The normalized spacial score (nSPS) is 22.7. The van der Waals surface area contributed by atoms with Gasteiger partial charge in [-0.1, -0.05) is 30.3 Å². The minimum absolute atomic E-state index is 0.334. The average molecular weight is 260 g/mol. The minimum atomic E-state index is -3.02. The predicted molar refractivity (Wildman–Crippen MR) is 71.2 cm³/mol. The standard InChI is InChI=1S/C14H13O3P/c15-18(12-6-2-1-3-7-12)14-9-5-4-8-13(14)16-10-11-17-18/h1-9H,10-11H2/t18-/m1/s1. The molecule has 2 aromatic rings. The first-order chi connectivity index (χ1) is 8.81. The molecule has 0 radical (unpaired) electrons. The average Bonchev–Trinajstić information content (AvgIpc) is 2.61. The summed E-state index contributed by atoms with van der Waals surface area (Å²) in [6.07, 6.45) is 0. The van der Waals surface area contributed by atoms with Crippen molar-refractivity contribution in [2.45, 2.75) is 0 Å². The van der Waals surface area contributed by atoms with Gasteiger partial charge in [-0.3, -0.25) is 4.57 Å². The number of benzene rings is 2. The summed E-state index contributed by atoms with van der Waals surface area (Å²) in [6, 6.07) is 16.7. The molecule has 18 heavy (non-hydrogen) atoms. The number of ether oxygens (including phenoxy) is 1. The molecule has 3 rings (SSSR count). The summed E-state index contributed by atoms with van der Waals surface area (Å²) in [5.74, 6) is 0.655. The molecule has 1 aliphatic rings. The summed E-state index contributed by atoms with van der Waals surface area (Å²) in [6.45, 7) is 0.759. The maximum atomic E-state index is 13.2. The molecule has 0 N–H and O–H groups in total. The van der Waals surface area contributed by atoms with Gasteiger partial charge >= 0.3 is 0 Å². The van der Waals surface area contributed by atoms with Gasteiger partial charge in [0.25, 0.3) is 7.37 Å². The maximum absolute atomic E-state index is 13.2. The van der Waals surface area contributed by atoms with E-state index in [-0.39, 0.29) is 0 Å². The third kappa shape index (κ3) is 1.86. The molecule has 0 fully saturated rings. The van der Waals surface area contributed by atoms with Crippen LogP contribution in [0.4, 0.5) is 0 Å². The first-order valence-corrected chi connectivity index (χ1v) is 7.46. The topological polar surface area (TPSA) is 35.5 Å². The zero-order valence-corrected chi connectivity index (χ0v) is 10.7. The Hall–Kier alpha value is -1.57. The molecule has 3 nitrogen and oxygen atoms in total. The van der Waals surface area contributed by atoms with Gasteiger partial charge < -0.3 is 9.26 Å². The lowest BCUT2D eigenvalue weighted by molar-refractivity contribution is 0.233. The number of hydrogen-bond acceptors (Lipinski definition) is 3. The van der Waals surface area contributed by atoms with Gasteiger partial charge in [0.2, 0.25) is 0 Å². The monoisotopic (exact) mass is 260 g/mol. The fraction of sp³-hybridized carbons (Fsp3) is 0.143. The lowest BCUT2D eigenvalue weighted by atomic mass is 10.3. The van der Waals surface area contributed by atoms with Crippen molar-refractivity contribution in [2.24, 2.45) is 0 Å². The van der Waals surface area contributed by atoms with Crippen molar-refractivity contribution in [1.82, 2.24) is 0 Å². The van der Waals surface area contributed by atoms with Crippen molar-refractivity contribution in [1.29, 1.82) is 0 Å². The highest BCUT2D eigenvalue weighted by Gasteiger charge is 2.33. The quantitative estimate of drug-likeness (QED) is 0.738. The molecule has 0 unspecified atom stereocenters. The first-order valence-electron chi connectivity index (χ1n) is 5.83. The van der Waals surface area contributed by atoms with Crippen LogP contribution in [0.5, 0.6) is 5.75 Å². The lowest BCUT2D eigenvalue weighted by Gasteiger charge is -2.17. The molecule has 0 amide bonds. The van der Waals surface area contributed by atoms with E-state index < -0.39 is 7.37 Å². The molecule has 1 atom stereocenters. The van der Waals surface area contributed by atoms with Crippen LogP contribution in [0.3, 0.4) is 0 Å². The summed E-state index contributed by atoms with van der Waals surface area (Å²) >= 11 is 0. The van der Waals surface area contributed by atoms with Gasteiger partial charge in [0.15, 0.2) is 0 Å². The second kappa shape index (κ2) is 4.60. The highest BCUT2D eigenvalue weighted by Crippen LogP contribution is 2.48. The van der Waals surface area contributed by atoms with Crippen molar-refractivity contribution in [2.75, 3.05) is 13.2 Å². The van der Waals surface area contributed by atoms with Crippen molar-refractivity contribution in [3.8, 4) is 5.75 Å². The van der Waals surface area contributed by atoms with E-state index in [0.29, 0.717) is 29.6 Å². The number of rotatable bonds is 1. The maximum Gasteiger partial charge on any atom is 0.265 e. The summed E-state index contributed by atoms with van der Waals surface area (Å²) in [5.41, 5.74) is 0. The Balaban J connectivity index is 2.20. The van der Waals surface area contributed by atoms with Crippen LogP contribution in [-0.4, -0.2) is 13.2 Å². The van der Waals surface area contributed by atoms with Gasteiger partial charge in [-0.2, -0.15) is 0 Å². The molecule has 0 saturated heterocycles. The highest BCUT2D eigenvalue weighted by atomic mass is 31.2. The summed E-state index contributed by atoms with van der Waals surface area (Å²) < 4.78 is 24.4. The molecular formula is C14H13O3P. The van der Waals surface area contributed by atoms with Crippen LogP contribution in [0, 0.1) is 0 Å². The van der Waals surface area contributed by atoms with E-state index in [4.69, 9.17) is 9.26 Å². The predicted octanol–water partition coefficient (Wildman–Crippen LogP) is 2.32. The van der Waals surface area contributed by atoms with E-state index in [1.165, 1.54) is 0 Å². The largest absolute Gasteiger partial charge is 0.490 e. The molecule has 0 saturated carbocycles. The van der Waals surface area contributed by atoms with E-state index >= 15 is 0 Å². The lowest BCUT2D eigenvalue weighted by Crippen LogP contribution is -2.17. The Morgan fingerprint density at radius 1 is 0.889 bits per heavy atom. The fourth-order valence-electron chi connectivity index (χ4n) is 2.05. The third-order valence-corrected chi connectivity index (χ3v) is 5.42. The van der Waals surface area contributed by atoms with Crippen LogP contribution in [-0.2, 0) is 9.09 Å². The summed E-state index contributed by atoms with van der Waals surface area (Å²) in [5, 5.41) is 1.36. The van der Waals surface area contributed by atoms with Crippen molar-refractivity contribution in [3.63, 3.8) is 0 Å². The van der Waals surface area contributed by atoms with E-state index in [0.717, 1.165) is 0 Å². The van der Waals surface area contributed by atoms with Crippen molar-refractivity contribution < 1.29 is 13.8 Å². The van der Waals surface area contributed by atoms with Crippen LogP contribution < -0.4 is 15.3 Å². The second-order valence-electron chi connectivity index (χ2n) is 4.04. The van der Waals surface area contributed by atoms with E-state index in [1.807, 2.05) is 54.6 Å².